The highest BCUT2D eigenvalue weighted by Gasteiger charge is 2.59. The van der Waals surface area contributed by atoms with Crippen molar-refractivity contribution in [1.82, 2.24) is 0 Å². The lowest BCUT2D eigenvalue weighted by atomic mass is 9.85. The fourth-order valence-corrected chi connectivity index (χ4v) is 5.19. The molecule has 1 saturated carbocycles. The van der Waals surface area contributed by atoms with Crippen molar-refractivity contribution < 1.29 is 23.9 Å². The number of amides is 3. The number of aryl methyl sites for hydroxylation is 1. The lowest BCUT2D eigenvalue weighted by Crippen LogP contribution is -2.32. The van der Waals surface area contributed by atoms with Crippen LogP contribution in [-0.4, -0.2) is 30.3 Å². The van der Waals surface area contributed by atoms with Gasteiger partial charge in [0.15, 0.2) is 6.61 Å². The van der Waals surface area contributed by atoms with E-state index in [1.165, 1.54) is 17.0 Å². The molecule has 3 aliphatic rings. The minimum absolute atomic E-state index is 0.144. The van der Waals surface area contributed by atoms with E-state index in [9.17, 15) is 19.2 Å². The Bertz CT molecular complexity index is 1170. The first-order valence-electron chi connectivity index (χ1n) is 11.0. The predicted octanol–water partition coefficient (Wildman–Crippen LogP) is 3.41. The lowest BCUT2D eigenvalue weighted by molar-refractivity contribution is -0.123. The number of allylic oxidation sites excluding steroid dienone is 2. The molecule has 1 saturated heterocycles. The van der Waals surface area contributed by atoms with Crippen molar-refractivity contribution >= 4 is 35.1 Å². The molecule has 2 fully saturated rings. The molecular formula is C26H24N2O5. The average Bonchev–Trinajstić information content (AvgIpc) is 3.49. The van der Waals surface area contributed by atoms with Crippen LogP contribution in [0.15, 0.2) is 54.6 Å². The van der Waals surface area contributed by atoms with Gasteiger partial charge in [0, 0.05) is 5.69 Å². The Kier molecular flexibility index (Phi) is 5.12. The van der Waals surface area contributed by atoms with Crippen LogP contribution in [-0.2, 0) is 19.1 Å². The average molecular weight is 444 g/mol. The maximum Gasteiger partial charge on any atom is 0.338 e. The highest BCUT2D eigenvalue weighted by molar-refractivity contribution is 6.22. The number of ether oxygens (including phenoxy) is 1. The van der Waals surface area contributed by atoms with Crippen LogP contribution < -0.4 is 10.2 Å². The number of hydrogen-bond acceptors (Lipinski definition) is 5. The maximum absolute atomic E-state index is 12.9. The van der Waals surface area contributed by atoms with Crippen LogP contribution in [0.5, 0.6) is 0 Å². The lowest BCUT2D eigenvalue weighted by Gasteiger charge is -2.17. The fraction of sp³-hybridized carbons (Fsp3) is 0.308. The highest BCUT2D eigenvalue weighted by Crippen LogP contribution is 2.53. The van der Waals surface area contributed by atoms with Crippen LogP contribution in [0.2, 0.25) is 0 Å². The van der Waals surface area contributed by atoms with Crippen LogP contribution in [0.3, 0.4) is 0 Å². The molecule has 3 amide bonds. The van der Waals surface area contributed by atoms with Crippen LogP contribution >= 0.6 is 0 Å². The number of anilines is 2. The molecule has 5 rings (SSSR count). The number of benzene rings is 2. The summed E-state index contributed by atoms with van der Waals surface area (Å²) < 4.78 is 5.13. The van der Waals surface area contributed by atoms with Crippen molar-refractivity contribution in [1.29, 1.82) is 0 Å². The standard InChI is InChI=1S/C26H24N2O5/c1-14-4-3-5-20(15(14)2)27-21(29)13-33-26(32)16-8-10-19(11-9-16)28-24(30)22-17-6-7-18(12-17)23(22)25(28)31/h3-11,17-18,22-23H,12-13H2,1-2H3,(H,27,29)/t17-,18-,22-,23+/m0/s1. The Morgan fingerprint density at radius 2 is 1.61 bits per heavy atom. The third-order valence-corrected chi connectivity index (χ3v) is 7.04. The van der Waals surface area contributed by atoms with E-state index in [2.05, 4.69) is 17.5 Å². The molecule has 2 aromatic rings. The third-order valence-electron chi connectivity index (χ3n) is 7.04. The highest BCUT2D eigenvalue weighted by atomic mass is 16.5. The molecule has 0 spiro atoms. The normalized spacial score (nSPS) is 24.8. The molecule has 1 heterocycles. The van der Waals surface area contributed by atoms with Gasteiger partial charge in [-0.05, 0) is 73.6 Å². The summed E-state index contributed by atoms with van der Waals surface area (Å²) in [5.41, 5.74) is 3.36. The first-order chi connectivity index (χ1) is 15.8. The van der Waals surface area contributed by atoms with Gasteiger partial charge in [0.05, 0.1) is 23.1 Å². The number of esters is 1. The Balaban J connectivity index is 1.21. The summed E-state index contributed by atoms with van der Waals surface area (Å²) in [6.45, 7) is 3.44. The second-order valence-electron chi connectivity index (χ2n) is 8.93. The van der Waals surface area contributed by atoms with Gasteiger partial charge in [0.2, 0.25) is 11.8 Å². The molecule has 4 atom stereocenters. The molecule has 1 aliphatic heterocycles. The molecule has 168 valence electrons. The van der Waals surface area contributed by atoms with E-state index in [1.807, 2.05) is 26.0 Å². The zero-order chi connectivity index (χ0) is 23.3. The van der Waals surface area contributed by atoms with Crippen molar-refractivity contribution in [3.05, 3.63) is 71.3 Å². The van der Waals surface area contributed by atoms with Gasteiger partial charge < -0.3 is 10.1 Å². The summed E-state index contributed by atoms with van der Waals surface area (Å²) >= 11 is 0. The SMILES string of the molecule is Cc1cccc(NC(=O)COC(=O)c2ccc(N3C(=O)[C@@H]4[C@H](C3=O)[C@H]3C=C[C@H]4C3)cc2)c1C. The van der Waals surface area contributed by atoms with Crippen molar-refractivity contribution in [2.24, 2.45) is 23.7 Å². The predicted molar refractivity (Wildman–Crippen MR) is 121 cm³/mol. The Labute approximate surface area is 191 Å². The van der Waals surface area contributed by atoms with Gasteiger partial charge in [-0.15, -0.1) is 0 Å². The number of imide groups is 1. The first-order valence-corrected chi connectivity index (χ1v) is 11.0. The summed E-state index contributed by atoms with van der Waals surface area (Å²) in [6, 6.07) is 11.7. The smallest absolute Gasteiger partial charge is 0.338 e. The molecular weight excluding hydrogens is 420 g/mol. The van der Waals surface area contributed by atoms with Crippen molar-refractivity contribution in [2.75, 3.05) is 16.8 Å². The maximum atomic E-state index is 12.9. The van der Waals surface area contributed by atoms with Crippen molar-refractivity contribution in [3.8, 4) is 0 Å². The number of fused-ring (bicyclic) bond motifs is 5. The van der Waals surface area contributed by atoms with Crippen molar-refractivity contribution in [2.45, 2.75) is 20.3 Å². The van der Waals surface area contributed by atoms with Gasteiger partial charge in [-0.25, -0.2) is 4.79 Å². The largest absolute Gasteiger partial charge is 0.452 e. The monoisotopic (exact) mass is 444 g/mol. The topological polar surface area (TPSA) is 92.8 Å². The van der Waals surface area contributed by atoms with E-state index in [0.29, 0.717) is 11.4 Å². The second kappa shape index (κ2) is 7.99. The third kappa shape index (κ3) is 3.53. The second-order valence-corrected chi connectivity index (χ2v) is 8.93. The number of nitrogens with zero attached hydrogens (tertiary/aromatic N) is 1. The number of rotatable bonds is 5. The van der Waals surface area contributed by atoms with Crippen LogP contribution in [0.1, 0.15) is 27.9 Å². The quantitative estimate of drug-likeness (QED) is 0.433. The minimum atomic E-state index is -0.657. The van der Waals surface area contributed by atoms with Crippen LogP contribution in [0, 0.1) is 37.5 Å². The van der Waals surface area contributed by atoms with Gasteiger partial charge in [-0.1, -0.05) is 24.3 Å². The molecule has 0 radical (unpaired) electrons. The van der Waals surface area contributed by atoms with Crippen molar-refractivity contribution in [3.63, 3.8) is 0 Å². The summed E-state index contributed by atoms with van der Waals surface area (Å²) in [4.78, 5) is 51.6. The molecule has 33 heavy (non-hydrogen) atoms. The van der Waals surface area contributed by atoms with Gasteiger partial charge in [0.25, 0.3) is 5.91 Å². The van der Waals surface area contributed by atoms with Gasteiger partial charge >= 0.3 is 5.97 Å². The Morgan fingerprint density at radius 1 is 0.970 bits per heavy atom. The number of hydrogen-bond donors (Lipinski definition) is 1. The molecule has 0 aromatic heterocycles. The van der Waals surface area contributed by atoms with Gasteiger partial charge in [-0.3, -0.25) is 19.3 Å². The van der Waals surface area contributed by atoms with E-state index in [0.717, 1.165) is 17.5 Å². The van der Waals surface area contributed by atoms with E-state index in [-0.39, 0.29) is 41.0 Å². The number of nitrogens with one attached hydrogen (secondary N) is 1. The molecule has 0 unspecified atom stereocenters. The summed E-state index contributed by atoms with van der Waals surface area (Å²) in [7, 11) is 0. The summed E-state index contributed by atoms with van der Waals surface area (Å²) in [6.07, 6.45) is 4.98. The summed E-state index contributed by atoms with van der Waals surface area (Å²) in [5.74, 6) is -1.68. The van der Waals surface area contributed by atoms with E-state index in [1.54, 1.807) is 18.2 Å². The molecule has 1 N–H and O–H groups in total. The van der Waals surface area contributed by atoms with Crippen LogP contribution in [0.4, 0.5) is 11.4 Å². The molecule has 2 aromatic carbocycles. The zero-order valence-corrected chi connectivity index (χ0v) is 18.4. The number of carbonyl (C=O) groups is 4. The minimum Gasteiger partial charge on any atom is -0.452 e. The molecule has 7 nitrogen and oxygen atoms in total. The Morgan fingerprint density at radius 3 is 2.24 bits per heavy atom. The molecule has 2 bridgehead atoms. The molecule has 7 heteroatoms. The van der Waals surface area contributed by atoms with E-state index in [4.69, 9.17) is 4.74 Å². The number of carbonyl (C=O) groups excluding carboxylic acids is 4. The Hall–Kier alpha value is -3.74. The molecule has 2 aliphatic carbocycles. The fourth-order valence-electron chi connectivity index (χ4n) is 5.19. The zero-order valence-electron chi connectivity index (χ0n) is 18.4. The van der Waals surface area contributed by atoms with Crippen LogP contribution in [0.25, 0.3) is 0 Å². The van der Waals surface area contributed by atoms with Gasteiger partial charge in [-0.2, -0.15) is 0 Å². The summed E-state index contributed by atoms with van der Waals surface area (Å²) in [5, 5.41) is 2.74. The van der Waals surface area contributed by atoms with Gasteiger partial charge in [0.1, 0.15) is 0 Å². The first kappa shape index (κ1) is 21.1. The van der Waals surface area contributed by atoms with E-state index < -0.39 is 18.5 Å². The van der Waals surface area contributed by atoms with E-state index >= 15 is 0 Å².